The van der Waals surface area contributed by atoms with Crippen molar-refractivity contribution >= 4 is 33.3 Å². The van der Waals surface area contributed by atoms with Crippen LogP contribution in [0.4, 0.5) is 11.5 Å². The van der Waals surface area contributed by atoms with Crippen LogP contribution in [0.15, 0.2) is 35.1 Å². The van der Waals surface area contributed by atoms with E-state index in [1.807, 2.05) is 39.0 Å². The van der Waals surface area contributed by atoms with Gasteiger partial charge in [-0.05, 0) is 36.6 Å². The van der Waals surface area contributed by atoms with Gasteiger partial charge in [0, 0.05) is 22.8 Å². The zero-order valence-electron chi connectivity index (χ0n) is 12.9. The predicted octanol–water partition coefficient (Wildman–Crippen LogP) is 3.68. The number of nitrogens with zero attached hydrogens (tertiary/aromatic N) is 2. The maximum atomic E-state index is 12.0. The first kappa shape index (κ1) is 16.4. The van der Waals surface area contributed by atoms with Crippen LogP contribution in [0.3, 0.4) is 0 Å². The molecule has 0 saturated heterocycles. The average molecular weight is 363 g/mol. The SMILES string of the molecule is Cc1cc(Nc2cc(C(=O)NCC(C)C)ncn2)ccc1Br. The lowest BCUT2D eigenvalue weighted by molar-refractivity contribution is 0.0944. The number of rotatable bonds is 5. The highest BCUT2D eigenvalue weighted by Gasteiger charge is 2.09. The summed E-state index contributed by atoms with van der Waals surface area (Å²) in [6.07, 6.45) is 1.39. The number of carbonyl (C=O) groups is 1. The van der Waals surface area contributed by atoms with Crippen LogP contribution in [-0.4, -0.2) is 22.4 Å². The highest BCUT2D eigenvalue weighted by atomic mass is 79.9. The van der Waals surface area contributed by atoms with Crippen molar-refractivity contribution in [2.24, 2.45) is 5.92 Å². The van der Waals surface area contributed by atoms with Gasteiger partial charge < -0.3 is 10.6 Å². The van der Waals surface area contributed by atoms with Gasteiger partial charge in [0.2, 0.25) is 0 Å². The maximum absolute atomic E-state index is 12.0. The number of hydrogen-bond acceptors (Lipinski definition) is 4. The number of anilines is 2. The van der Waals surface area contributed by atoms with Crippen molar-refractivity contribution in [1.29, 1.82) is 0 Å². The Morgan fingerprint density at radius 2 is 2.05 bits per heavy atom. The second-order valence-corrected chi connectivity index (χ2v) is 6.34. The number of hydrogen-bond donors (Lipinski definition) is 2. The van der Waals surface area contributed by atoms with E-state index in [0.717, 1.165) is 15.7 Å². The Morgan fingerprint density at radius 1 is 1.27 bits per heavy atom. The lowest BCUT2D eigenvalue weighted by atomic mass is 10.2. The summed E-state index contributed by atoms with van der Waals surface area (Å²) in [5.74, 6) is 0.798. The molecule has 0 aliphatic rings. The molecule has 0 atom stereocenters. The van der Waals surface area contributed by atoms with Gasteiger partial charge in [0.15, 0.2) is 0 Å². The van der Waals surface area contributed by atoms with E-state index in [-0.39, 0.29) is 5.91 Å². The monoisotopic (exact) mass is 362 g/mol. The van der Waals surface area contributed by atoms with Crippen molar-refractivity contribution in [1.82, 2.24) is 15.3 Å². The molecule has 5 nitrogen and oxygen atoms in total. The minimum Gasteiger partial charge on any atom is -0.350 e. The van der Waals surface area contributed by atoms with E-state index in [1.165, 1.54) is 6.33 Å². The van der Waals surface area contributed by atoms with Gasteiger partial charge in [-0.1, -0.05) is 29.8 Å². The first-order valence-corrected chi connectivity index (χ1v) is 7.88. The van der Waals surface area contributed by atoms with E-state index >= 15 is 0 Å². The van der Waals surface area contributed by atoms with Gasteiger partial charge >= 0.3 is 0 Å². The van der Waals surface area contributed by atoms with Crippen molar-refractivity contribution in [3.8, 4) is 0 Å². The second kappa shape index (κ2) is 7.35. The van der Waals surface area contributed by atoms with Crippen LogP contribution in [0.1, 0.15) is 29.9 Å². The summed E-state index contributed by atoms with van der Waals surface area (Å²) in [6.45, 7) is 6.73. The minimum atomic E-state index is -0.189. The van der Waals surface area contributed by atoms with Crippen LogP contribution >= 0.6 is 15.9 Å². The number of carbonyl (C=O) groups excluding carboxylic acids is 1. The Labute approximate surface area is 138 Å². The zero-order chi connectivity index (χ0) is 16.1. The molecule has 0 spiro atoms. The molecule has 116 valence electrons. The van der Waals surface area contributed by atoms with Crippen molar-refractivity contribution < 1.29 is 4.79 Å². The number of aryl methyl sites for hydroxylation is 1. The van der Waals surface area contributed by atoms with Gasteiger partial charge in [0.1, 0.15) is 17.8 Å². The molecule has 0 aliphatic carbocycles. The van der Waals surface area contributed by atoms with Gasteiger partial charge in [-0.2, -0.15) is 0 Å². The third-order valence-corrected chi connectivity index (χ3v) is 3.89. The highest BCUT2D eigenvalue weighted by Crippen LogP contribution is 2.22. The second-order valence-electron chi connectivity index (χ2n) is 5.48. The molecule has 0 radical (unpaired) electrons. The average Bonchev–Trinajstić information content (AvgIpc) is 2.49. The van der Waals surface area contributed by atoms with Gasteiger partial charge in [-0.3, -0.25) is 4.79 Å². The third-order valence-electron chi connectivity index (χ3n) is 3.00. The van der Waals surface area contributed by atoms with Gasteiger partial charge in [0.05, 0.1) is 0 Å². The van der Waals surface area contributed by atoms with Crippen molar-refractivity contribution in [3.05, 3.63) is 46.3 Å². The standard InChI is InChI=1S/C16H19BrN4O/c1-10(2)8-18-16(22)14-7-15(20-9-19-14)21-12-4-5-13(17)11(3)6-12/h4-7,9-10H,8H2,1-3H3,(H,18,22)(H,19,20,21). The predicted molar refractivity (Wildman–Crippen MR) is 91.4 cm³/mol. The van der Waals surface area contributed by atoms with Crippen LogP contribution < -0.4 is 10.6 Å². The summed E-state index contributed by atoms with van der Waals surface area (Å²) in [4.78, 5) is 20.2. The Kier molecular flexibility index (Phi) is 5.49. The van der Waals surface area contributed by atoms with E-state index in [4.69, 9.17) is 0 Å². The van der Waals surface area contributed by atoms with Crippen molar-refractivity contribution in [3.63, 3.8) is 0 Å². The molecule has 0 bridgehead atoms. The summed E-state index contributed by atoms with van der Waals surface area (Å²) in [6, 6.07) is 7.56. The molecule has 0 saturated carbocycles. The Morgan fingerprint density at radius 3 is 2.73 bits per heavy atom. The largest absolute Gasteiger partial charge is 0.350 e. The summed E-state index contributed by atoms with van der Waals surface area (Å²) < 4.78 is 1.05. The topological polar surface area (TPSA) is 66.9 Å². The van der Waals surface area contributed by atoms with Gasteiger partial charge in [-0.25, -0.2) is 9.97 Å². The first-order valence-electron chi connectivity index (χ1n) is 7.09. The molecule has 2 rings (SSSR count). The Bertz CT molecular complexity index is 673. The summed E-state index contributed by atoms with van der Waals surface area (Å²) in [7, 11) is 0. The molecular formula is C16H19BrN4O. The van der Waals surface area contributed by atoms with Gasteiger partial charge in [0.25, 0.3) is 5.91 Å². The molecule has 2 aromatic rings. The highest BCUT2D eigenvalue weighted by molar-refractivity contribution is 9.10. The molecule has 6 heteroatoms. The lowest BCUT2D eigenvalue weighted by Gasteiger charge is -2.09. The molecule has 1 aromatic heterocycles. The van der Waals surface area contributed by atoms with Gasteiger partial charge in [-0.15, -0.1) is 0 Å². The molecule has 1 heterocycles. The smallest absolute Gasteiger partial charge is 0.270 e. The number of benzene rings is 1. The maximum Gasteiger partial charge on any atom is 0.270 e. The fourth-order valence-corrected chi connectivity index (χ4v) is 2.05. The number of halogens is 1. The van der Waals surface area contributed by atoms with E-state index in [1.54, 1.807) is 6.07 Å². The van der Waals surface area contributed by atoms with Crippen LogP contribution in [-0.2, 0) is 0 Å². The first-order chi connectivity index (χ1) is 10.5. The third kappa shape index (κ3) is 4.53. The Hall–Kier alpha value is -1.95. The van der Waals surface area contributed by atoms with Crippen molar-refractivity contribution in [2.75, 3.05) is 11.9 Å². The molecule has 22 heavy (non-hydrogen) atoms. The molecule has 0 fully saturated rings. The van der Waals surface area contributed by atoms with Crippen LogP contribution in [0.25, 0.3) is 0 Å². The van der Waals surface area contributed by atoms with E-state index < -0.39 is 0 Å². The number of nitrogens with one attached hydrogen (secondary N) is 2. The molecule has 2 N–H and O–H groups in total. The van der Waals surface area contributed by atoms with E-state index in [9.17, 15) is 4.79 Å². The summed E-state index contributed by atoms with van der Waals surface area (Å²) in [5, 5.41) is 6.02. The Balaban J connectivity index is 2.10. The number of aromatic nitrogens is 2. The molecule has 0 aliphatic heterocycles. The van der Waals surface area contributed by atoms with E-state index in [2.05, 4.69) is 36.5 Å². The quantitative estimate of drug-likeness (QED) is 0.851. The summed E-state index contributed by atoms with van der Waals surface area (Å²) >= 11 is 3.47. The minimum absolute atomic E-state index is 0.189. The number of amides is 1. The zero-order valence-corrected chi connectivity index (χ0v) is 14.4. The normalized spacial score (nSPS) is 10.6. The van der Waals surface area contributed by atoms with E-state index in [0.29, 0.717) is 24.0 Å². The van der Waals surface area contributed by atoms with Crippen molar-refractivity contribution in [2.45, 2.75) is 20.8 Å². The molecule has 1 amide bonds. The fraction of sp³-hybridized carbons (Fsp3) is 0.312. The fourth-order valence-electron chi connectivity index (χ4n) is 1.81. The molecular weight excluding hydrogens is 344 g/mol. The van der Waals surface area contributed by atoms with Crippen LogP contribution in [0.2, 0.25) is 0 Å². The molecule has 1 aromatic carbocycles. The summed E-state index contributed by atoms with van der Waals surface area (Å²) in [5.41, 5.74) is 2.38. The molecule has 0 unspecified atom stereocenters. The lowest BCUT2D eigenvalue weighted by Crippen LogP contribution is -2.28. The van der Waals surface area contributed by atoms with Crippen LogP contribution in [0.5, 0.6) is 0 Å². The van der Waals surface area contributed by atoms with Crippen LogP contribution in [0, 0.1) is 12.8 Å².